The van der Waals surface area contributed by atoms with E-state index in [0.29, 0.717) is 0 Å². The van der Waals surface area contributed by atoms with Gasteiger partial charge in [0.25, 0.3) is 0 Å². The molecule has 3 rings (SSSR count). The molecule has 1 saturated heterocycles. The average Bonchev–Trinajstić information content (AvgIpc) is 2.82. The predicted octanol–water partition coefficient (Wildman–Crippen LogP) is 3.53. The van der Waals surface area contributed by atoms with Crippen LogP contribution in [-0.4, -0.2) is 37.1 Å². The van der Waals surface area contributed by atoms with E-state index in [1.807, 2.05) is 6.07 Å². The molecule has 1 atom stereocenters. The normalized spacial score (nSPS) is 27.3. The van der Waals surface area contributed by atoms with E-state index in [1.165, 1.54) is 24.2 Å². The summed E-state index contributed by atoms with van der Waals surface area (Å²) in [5, 5.41) is 0.864. The van der Waals surface area contributed by atoms with Gasteiger partial charge in [0, 0.05) is 34.8 Å². The number of hydrogen-bond donors (Lipinski definition) is 0. The topological polar surface area (TPSA) is 6.48 Å². The van der Waals surface area contributed by atoms with Gasteiger partial charge in [0.1, 0.15) is 0 Å². The number of halogens is 1. The smallest absolute Gasteiger partial charge is 0.0411 e. The molecule has 104 valence electrons. The lowest BCUT2D eigenvalue weighted by Gasteiger charge is -2.36. The third kappa shape index (κ3) is 2.05. The highest BCUT2D eigenvalue weighted by molar-refractivity contribution is 6.30. The molecule has 3 heteroatoms. The number of rotatable bonds is 0. The van der Waals surface area contributed by atoms with Gasteiger partial charge in [0.05, 0.1) is 0 Å². The van der Waals surface area contributed by atoms with Crippen molar-refractivity contribution in [3.05, 3.63) is 28.8 Å². The molecule has 0 amide bonds. The van der Waals surface area contributed by atoms with Crippen molar-refractivity contribution in [2.24, 2.45) is 0 Å². The second-order valence-electron chi connectivity index (χ2n) is 7.19. The molecule has 2 aliphatic heterocycles. The quantitative estimate of drug-likeness (QED) is 0.716. The van der Waals surface area contributed by atoms with Crippen molar-refractivity contribution in [1.82, 2.24) is 4.90 Å². The molecule has 1 aromatic carbocycles. The maximum absolute atomic E-state index is 6.25. The van der Waals surface area contributed by atoms with Crippen molar-refractivity contribution in [3.63, 3.8) is 0 Å². The van der Waals surface area contributed by atoms with E-state index in [-0.39, 0.29) is 11.0 Å². The van der Waals surface area contributed by atoms with E-state index < -0.39 is 0 Å². The molecule has 0 unspecified atom stereocenters. The third-order valence-corrected chi connectivity index (χ3v) is 4.87. The van der Waals surface area contributed by atoms with Crippen LogP contribution in [0.15, 0.2) is 18.2 Å². The molecule has 0 aliphatic carbocycles. The van der Waals surface area contributed by atoms with Crippen LogP contribution in [-0.2, 0) is 5.41 Å². The summed E-state index contributed by atoms with van der Waals surface area (Å²) in [4.78, 5) is 4.99. The predicted molar refractivity (Wildman–Crippen MR) is 82.3 cm³/mol. The second kappa shape index (κ2) is 4.13. The van der Waals surface area contributed by atoms with Gasteiger partial charge in [-0.25, -0.2) is 0 Å². The molecule has 0 radical (unpaired) electrons. The first-order valence-corrected chi connectivity index (χ1v) is 7.46. The van der Waals surface area contributed by atoms with Crippen LogP contribution in [0, 0.1) is 0 Å². The molecule has 2 heterocycles. The minimum absolute atomic E-state index is 0.160. The van der Waals surface area contributed by atoms with Gasteiger partial charge in [-0.15, -0.1) is 0 Å². The van der Waals surface area contributed by atoms with Crippen molar-refractivity contribution in [2.45, 2.75) is 38.1 Å². The molecule has 19 heavy (non-hydrogen) atoms. The number of likely N-dealkylation sites (N-methyl/N-ethyl adjacent to an activating group) is 1. The summed E-state index contributed by atoms with van der Waals surface area (Å²) in [5.41, 5.74) is 3.28. The van der Waals surface area contributed by atoms with Gasteiger partial charge < -0.3 is 9.80 Å². The summed E-state index contributed by atoms with van der Waals surface area (Å²) in [7, 11) is 2.22. The van der Waals surface area contributed by atoms with Crippen LogP contribution in [0.2, 0.25) is 5.02 Å². The molecular weight excluding hydrogens is 256 g/mol. The van der Waals surface area contributed by atoms with Crippen LogP contribution in [0.4, 0.5) is 5.69 Å². The number of fused-ring (bicyclic) bond motifs is 2. The first-order valence-electron chi connectivity index (χ1n) is 7.08. The molecule has 0 aromatic heterocycles. The first-order chi connectivity index (χ1) is 8.82. The lowest BCUT2D eigenvalue weighted by molar-refractivity contribution is 0.366. The summed E-state index contributed by atoms with van der Waals surface area (Å²) in [6.45, 7) is 10.3. The fourth-order valence-corrected chi connectivity index (χ4v) is 3.84. The Bertz CT molecular complexity index is 506. The van der Waals surface area contributed by atoms with Crippen LogP contribution in [0.25, 0.3) is 0 Å². The summed E-state index contributed by atoms with van der Waals surface area (Å²) >= 11 is 6.25. The van der Waals surface area contributed by atoms with Gasteiger partial charge in [0.15, 0.2) is 0 Å². The van der Waals surface area contributed by atoms with Crippen molar-refractivity contribution in [1.29, 1.82) is 0 Å². The number of hydrogen-bond acceptors (Lipinski definition) is 2. The van der Waals surface area contributed by atoms with E-state index in [4.69, 9.17) is 11.6 Å². The molecular formula is C16H23ClN2. The second-order valence-corrected chi connectivity index (χ2v) is 7.62. The summed E-state index contributed by atoms with van der Waals surface area (Å²) in [6, 6.07) is 6.43. The molecule has 0 N–H and O–H groups in total. The molecule has 1 spiro atoms. The molecule has 1 aromatic rings. The SMILES string of the molecule is CN1CC[C@@]2(C1)CN(C(C)(C)C)c1ccc(Cl)cc12. The maximum Gasteiger partial charge on any atom is 0.0411 e. The average molecular weight is 279 g/mol. The van der Waals surface area contributed by atoms with Crippen LogP contribution in [0.1, 0.15) is 32.8 Å². The van der Waals surface area contributed by atoms with Crippen LogP contribution >= 0.6 is 11.6 Å². The zero-order chi connectivity index (χ0) is 13.8. The minimum atomic E-state index is 0.160. The van der Waals surface area contributed by atoms with Crippen molar-refractivity contribution < 1.29 is 0 Å². The number of likely N-dealkylation sites (tertiary alicyclic amines) is 1. The molecule has 1 fully saturated rings. The third-order valence-electron chi connectivity index (χ3n) is 4.64. The molecule has 2 aliphatic rings. The Balaban J connectivity index is 2.11. The lowest BCUT2D eigenvalue weighted by atomic mass is 9.81. The highest BCUT2D eigenvalue weighted by Crippen LogP contribution is 2.49. The zero-order valence-corrected chi connectivity index (χ0v) is 13.1. The zero-order valence-electron chi connectivity index (χ0n) is 12.3. The van der Waals surface area contributed by atoms with Crippen LogP contribution in [0.3, 0.4) is 0 Å². The van der Waals surface area contributed by atoms with Crippen molar-refractivity contribution in [2.75, 3.05) is 31.6 Å². The van der Waals surface area contributed by atoms with Gasteiger partial charge in [-0.3, -0.25) is 0 Å². The summed E-state index contributed by atoms with van der Waals surface area (Å²) in [5.74, 6) is 0. The monoisotopic (exact) mass is 278 g/mol. The Kier molecular flexibility index (Phi) is 2.88. The summed E-state index contributed by atoms with van der Waals surface area (Å²) < 4.78 is 0. The van der Waals surface area contributed by atoms with Crippen molar-refractivity contribution >= 4 is 17.3 Å². The molecule has 0 saturated carbocycles. The molecule has 0 bridgehead atoms. The van der Waals surface area contributed by atoms with Crippen LogP contribution in [0.5, 0.6) is 0 Å². The highest BCUT2D eigenvalue weighted by Gasteiger charge is 2.48. The Hall–Kier alpha value is -0.730. The van der Waals surface area contributed by atoms with E-state index in [2.05, 4.69) is 49.8 Å². The molecule has 2 nitrogen and oxygen atoms in total. The summed E-state index contributed by atoms with van der Waals surface area (Å²) in [6.07, 6.45) is 1.24. The van der Waals surface area contributed by atoms with E-state index in [9.17, 15) is 0 Å². The van der Waals surface area contributed by atoms with E-state index in [0.717, 1.165) is 18.1 Å². The Labute approximate surface area is 121 Å². The van der Waals surface area contributed by atoms with Gasteiger partial charge in [-0.2, -0.15) is 0 Å². The number of nitrogens with zero attached hydrogens (tertiary/aromatic N) is 2. The first kappa shape index (κ1) is 13.3. The number of anilines is 1. The Morgan fingerprint density at radius 2 is 1.95 bits per heavy atom. The fourth-order valence-electron chi connectivity index (χ4n) is 3.67. The van der Waals surface area contributed by atoms with Gasteiger partial charge >= 0.3 is 0 Å². The Morgan fingerprint density at radius 3 is 2.53 bits per heavy atom. The van der Waals surface area contributed by atoms with Crippen molar-refractivity contribution in [3.8, 4) is 0 Å². The Morgan fingerprint density at radius 1 is 1.21 bits per heavy atom. The fraction of sp³-hybridized carbons (Fsp3) is 0.625. The number of benzene rings is 1. The van der Waals surface area contributed by atoms with Gasteiger partial charge in [-0.05, 0) is 64.5 Å². The van der Waals surface area contributed by atoms with Crippen LogP contribution < -0.4 is 4.90 Å². The van der Waals surface area contributed by atoms with Gasteiger partial charge in [-0.1, -0.05) is 11.6 Å². The minimum Gasteiger partial charge on any atom is -0.366 e. The standard InChI is InChI=1S/C16H23ClN2/c1-15(2,3)19-11-16(7-8-18(4)10-16)13-9-12(17)5-6-14(13)19/h5-6,9H,7-8,10-11H2,1-4H3/t16-/m1/s1. The van der Waals surface area contributed by atoms with Gasteiger partial charge in [0.2, 0.25) is 0 Å². The largest absolute Gasteiger partial charge is 0.366 e. The lowest BCUT2D eigenvalue weighted by Crippen LogP contribution is -2.45. The maximum atomic E-state index is 6.25. The van der Waals surface area contributed by atoms with E-state index in [1.54, 1.807) is 0 Å². The highest BCUT2D eigenvalue weighted by atomic mass is 35.5. The van der Waals surface area contributed by atoms with E-state index >= 15 is 0 Å².